The van der Waals surface area contributed by atoms with Crippen molar-refractivity contribution in [3.63, 3.8) is 0 Å². The number of benzene rings is 1. The van der Waals surface area contributed by atoms with E-state index in [0.29, 0.717) is 6.04 Å². The lowest BCUT2D eigenvalue weighted by atomic mass is 10.1. The van der Waals surface area contributed by atoms with E-state index in [9.17, 15) is 0 Å². The minimum absolute atomic E-state index is 0.577. The van der Waals surface area contributed by atoms with Gasteiger partial charge in [-0.1, -0.05) is 30.7 Å². The molecule has 0 amide bonds. The summed E-state index contributed by atoms with van der Waals surface area (Å²) in [5, 5.41) is 4.26. The maximum atomic E-state index is 6.00. The van der Waals surface area contributed by atoms with Crippen LogP contribution in [0, 0.1) is 0 Å². The van der Waals surface area contributed by atoms with E-state index in [1.807, 2.05) is 18.2 Å². The van der Waals surface area contributed by atoms with Crippen LogP contribution in [0.15, 0.2) is 24.3 Å². The van der Waals surface area contributed by atoms with Gasteiger partial charge in [-0.05, 0) is 57.6 Å². The van der Waals surface area contributed by atoms with E-state index >= 15 is 0 Å². The molecule has 0 saturated heterocycles. The molecule has 0 radical (unpaired) electrons. The summed E-state index contributed by atoms with van der Waals surface area (Å²) in [6.45, 7) is 7.63. The molecule has 0 heterocycles. The Morgan fingerprint density at radius 3 is 2.78 bits per heavy atom. The first-order valence-electron chi connectivity index (χ1n) is 6.79. The summed E-state index contributed by atoms with van der Waals surface area (Å²) in [5.74, 6) is 0. The number of hydrogen-bond donors (Lipinski definition) is 1. The summed E-state index contributed by atoms with van der Waals surface area (Å²) in [4.78, 5) is 2.37. The molecule has 2 nitrogen and oxygen atoms in total. The number of hydrogen-bond acceptors (Lipinski definition) is 2. The SMILES string of the molecule is CCCNCCC(C)N(C)Cc1cccc(Cl)c1. The number of halogens is 1. The fourth-order valence-corrected chi connectivity index (χ4v) is 2.13. The summed E-state index contributed by atoms with van der Waals surface area (Å²) >= 11 is 6.00. The molecule has 0 aromatic heterocycles. The lowest BCUT2D eigenvalue weighted by molar-refractivity contribution is 0.236. The van der Waals surface area contributed by atoms with Gasteiger partial charge in [-0.2, -0.15) is 0 Å². The van der Waals surface area contributed by atoms with Crippen molar-refractivity contribution in [3.8, 4) is 0 Å². The van der Waals surface area contributed by atoms with Gasteiger partial charge in [0.2, 0.25) is 0 Å². The Labute approximate surface area is 116 Å². The second-order valence-electron chi connectivity index (χ2n) is 4.93. The Balaban J connectivity index is 2.33. The zero-order chi connectivity index (χ0) is 13.4. The second-order valence-corrected chi connectivity index (χ2v) is 5.37. The highest BCUT2D eigenvalue weighted by Crippen LogP contribution is 2.13. The van der Waals surface area contributed by atoms with E-state index in [1.54, 1.807) is 0 Å². The molecule has 0 saturated carbocycles. The first-order valence-corrected chi connectivity index (χ1v) is 7.16. The van der Waals surface area contributed by atoms with Gasteiger partial charge in [0.1, 0.15) is 0 Å². The van der Waals surface area contributed by atoms with Crippen molar-refractivity contribution in [1.82, 2.24) is 10.2 Å². The molecule has 0 aliphatic carbocycles. The molecule has 1 N–H and O–H groups in total. The van der Waals surface area contributed by atoms with Crippen LogP contribution in [-0.4, -0.2) is 31.1 Å². The van der Waals surface area contributed by atoms with Crippen LogP contribution in [0.25, 0.3) is 0 Å². The summed E-state index contributed by atoms with van der Waals surface area (Å²) in [6.07, 6.45) is 2.38. The third-order valence-electron chi connectivity index (χ3n) is 3.24. The third kappa shape index (κ3) is 5.85. The summed E-state index contributed by atoms with van der Waals surface area (Å²) in [7, 11) is 2.17. The number of nitrogens with zero attached hydrogens (tertiary/aromatic N) is 1. The molecule has 1 aromatic carbocycles. The normalized spacial score (nSPS) is 12.9. The van der Waals surface area contributed by atoms with E-state index in [2.05, 4.69) is 37.2 Å². The van der Waals surface area contributed by atoms with Crippen LogP contribution >= 0.6 is 11.6 Å². The molecule has 0 spiro atoms. The van der Waals surface area contributed by atoms with Crippen LogP contribution in [-0.2, 0) is 6.54 Å². The molecule has 0 bridgehead atoms. The van der Waals surface area contributed by atoms with Crippen LogP contribution in [0.4, 0.5) is 0 Å². The molecule has 102 valence electrons. The summed E-state index contributed by atoms with van der Waals surface area (Å²) in [6, 6.07) is 8.68. The maximum absolute atomic E-state index is 6.00. The van der Waals surface area contributed by atoms with Gasteiger partial charge < -0.3 is 5.32 Å². The smallest absolute Gasteiger partial charge is 0.0409 e. The third-order valence-corrected chi connectivity index (χ3v) is 3.47. The Bertz CT molecular complexity index is 341. The fourth-order valence-electron chi connectivity index (χ4n) is 1.91. The lowest BCUT2D eigenvalue weighted by Crippen LogP contribution is -2.32. The van der Waals surface area contributed by atoms with Crippen molar-refractivity contribution < 1.29 is 0 Å². The van der Waals surface area contributed by atoms with Crippen molar-refractivity contribution in [2.75, 3.05) is 20.1 Å². The van der Waals surface area contributed by atoms with Gasteiger partial charge in [0.25, 0.3) is 0 Å². The molecule has 1 rings (SSSR count). The monoisotopic (exact) mass is 268 g/mol. The molecule has 3 heteroatoms. The molecular weight excluding hydrogens is 244 g/mol. The summed E-state index contributed by atoms with van der Waals surface area (Å²) in [5.41, 5.74) is 1.28. The van der Waals surface area contributed by atoms with E-state index < -0.39 is 0 Å². The zero-order valence-corrected chi connectivity index (χ0v) is 12.5. The highest BCUT2D eigenvalue weighted by Gasteiger charge is 2.09. The van der Waals surface area contributed by atoms with Gasteiger partial charge in [-0.15, -0.1) is 0 Å². The lowest BCUT2D eigenvalue weighted by Gasteiger charge is -2.25. The predicted octanol–water partition coefficient (Wildman–Crippen LogP) is 3.55. The molecule has 1 aromatic rings. The first kappa shape index (κ1) is 15.5. The molecule has 0 fully saturated rings. The predicted molar refractivity (Wildman–Crippen MR) is 80.2 cm³/mol. The van der Waals surface area contributed by atoms with Gasteiger partial charge in [0.05, 0.1) is 0 Å². The van der Waals surface area contributed by atoms with Crippen molar-refractivity contribution in [2.24, 2.45) is 0 Å². The van der Waals surface area contributed by atoms with Gasteiger partial charge in [-0.3, -0.25) is 4.90 Å². The van der Waals surface area contributed by atoms with E-state index in [1.165, 1.54) is 18.4 Å². The molecule has 1 atom stereocenters. The zero-order valence-electron chi connectivity index (χ0n) is 11.7. The largest absolute Gasteiger partial charge is 0.317 e. The molecule has 0 aliphatic heterocycles. The van der Waals surface area contributed by atoms with Crippen molar-refractivity contribution in [3.05, 3.63) is 34.9 Å². The van der Waals surface area contributed by atoms with Crippen LogP contribution in [0.1, 0.15) is 32.3 Å². The first-order chi connectivity index (χ1) is 8.63. The van der Waals surface area contributed by atoms with E-state index in [4.69, 9.17) is 11.6 Å². The minimum atomic E-state index is 0.577. The average molecular weight is 269 g/mol. The second kappa shape index (κ2) is 8.52. The molecule has 1 unspecified atom stereocenters. The van der Waals surface area contributed by atoms with Gasteiger partial charge >= 0.3 is 0 Å². The molecular formula is C15H25ClN2. The minimum Gasteiger partial charge on any atom is -0.317 e. The highest BCUT2D eigenvalue weighted by atomic mass is 35.5. The topological polar surface area (TPSA) is 15.3 Å². The van der Waals surface area contributed by atoms with Crippen LogP contribution in [0.3, 0.4) is 0 Å². The Kier molecular flexibility index (Phi) is 7.33. The van der Waals surface area contributed by atoms with Crippen LogP contribution < -0.4 is 5.32 Å². The Morgan fingerprint density at radius 2 is 2.11 bits per heavy atom. The van der Waals surface area contributed by atoms with Crippen molar-refractivity contribution in [1.29, 1.82) is 0 Å². The van der Waals surface area contributed by atoms with Crippen LogP contribution in [0.5, 0.6) is 0 Å². The van der Waals surface area contributed by atoms with Gasteiger partial charge in [0.15, 0.2) is 0 Å². The van der Waals surface area contributed by atoms with Gasteiger partial charge in [-0.25, -0.2) is 0 Å². The Hall–Kier alpha value is -0.570. The van der Waals surface area contributed by atoms with Gasteiger partial charge in [0, 0.05) is 17.6 Å². The average Bonchev–Trinajstić information content (AvgIpc) is 2.34. The van der Waals surface area contributed by atoms with Crippen molar-refractivity contribution >= 4 is 11.6 Å². The standard InChI is InChI=1S/C15H25ClN2/c1-4-9-17-10-8-13(2)18(3)12-14-6-5-7-15(16)11-14/h5-7,11,13,17H,4,8-10,12H2,1-3H3. The fraction of sp³-hybridized carbons (Fsp3) is 0.600. The molecule has 18 heavy (non-hydrogen) atoms. The number of nitrogens with one attached hydrogen (secondary N) is 1. The van der Waals surface area contributed by atoms with E-state index in [-0.39, 0.29) is 0 Å². The highest BCUT2D eigenvalue weighted by molar-refractivity contribution is 6.30. The molecule has 0 aliphatic rings. The summed E-state index contributed by atoms with van der Waals surface area (Å²) < 4.78 is 0. The number of rotatable bonds is 8. The van der Waals surface area contributed by atoms with E-state index in [0.717, 1.165) is 24.7 Å². The Morgan fingerprint density at radius 1 is 1.33 bits per heavy atom. The van der Waals surface area contributed by atoms with Crippen molar-refractivity contribution in [2.45, 2.75) is 39.3 Å². The maximum Gasteiger partial charge on any atom is 0.0409 e. The quantitative estimate of drug-likeness (QED) is 0.726. The van der Waals surface area contributed by atoms with Crippen LogP contribution in [0.2, 0.25) is 5.02 Å².